The van der Waals surface area contributed by atoms with Gasteiger partial charge in [-0.2, -0.15) is 0 Å². The second-order valence-corrected chi connectivity index (χ2v) is 10.5. The van der Waals surface area contributed by atoms with E-state index in [1.54, 1.807) is 37.3 Å². The summed E-state index contributed by atoms with van der Waals surface area (Å²) >= 11 is 2.17. The Bertz CT molecular complexity index is 1610. The molecular weight excluding hydrogens is 631 g/mol. The SMILES string of the molecule is Cc1cccc(F)c1OCc1ccc(-c2ccc(-c3cc(F)c(OCc4ccc(I)cc4)c(F)c3)c(F)c2)cc1. The van der Waals surface area contributed by atoms with E-state index in [4.69, 9.17) is 9.47 Å². The molecule has 0 fully saturated rings. The van der Waals surface area contributed by atoms with Crippen LogP contribution in [0.3, 0.4) is 0 Å². The van der Waals surface area contributed by atoms with Crippen LogP contribution in [-0.2, 0) is 13.2 Å². The van der Waals surface area contributed by atoms with E-state index in [0.29, 0.717) is 11.1 Å². The lowest BCUT2D eigenvalue weighted by Gasteiger charge is -2.12. The highest BCUT2D eigenvalue weighted by Crippen LogP contribution is 2.33. The number of benzene rings is 5. The van der Waals surface area contributed by atoms with Crippen molar-refractivity contribution in [2.24, 2.45) is 0 Å². The van der Waals surface area contributed by atoms with Crippen LogP contribution in [0.5, 0.6) is 11.5 Å². The molecule has 7 heteroatoms. The molecular formula is C33H23F4IO2. The number of hydrogen-bond acceptors (Lipinski definition) is 2. The molecule has 0 N–H and O–H groups in total. The van der Waals surface area contributed by atoms with Crippen LogP contribution in [0.1, 0.15) is 16.7 Å². The van der Waals surface area contributed by atoms with Crippen LogP contribution < -0.4 is 9.47 Å². The predicted molar refractivity (Wildman–Crippen MR) is 156 cm³/mol. The average molecular weight is 654 g/mol. The molecule has 0 spiro atoms. The summed E-state index contributed by atoms with van der Waals surface area (Å²) in [5.74, 6) is -3.15. The molecule has 0 aliphatic carbocycles. The van der Waals surface area contributed by atoms with Gasteiger partial charge in [0.15, 0.2) is 29.0 Å². The van der Waals surface area contributed by atoms with Crippen molar-refractivity contribution in [3.05, 3.63) is 141 Å². The topological polar surface area (TPSA) is 18.5 Å². The van der Waals surface area contributed by atoms with Crippen LogP contribution >= 0.6 is 22.6 Å². The molecule has 5 rings (SSSR count). The minimum atomic E-state index is -0.910. The predicted octanol–water partition coefficient (Wildman–Crippen LogP) is 9.65. The van der Waals surface area contributed by atoms with Crippen LogP contribution in [0, 0.1) is 33.8 Å². The van der Waals surface area contributed by atoms with E-state index >= 15 is 4.39 Å². The lowest BCUT2D eigenvalue weighted by molar-refractivity contribution is 0.274. The fraction of sp³-hybridized carbons (Fsp3) is 0.0909. The molecule has 0 aliphatic heterocycles. The Morgan fingerprint density at radius 1 is 0.550 bits per heavy atom. The Labute approximate surface area is 243 Å². The van der Waals surface area contributed by atoms with Crippen molar-refractivity contribution in [2.45, 2.75) is 20.1 Å². The number of hydrogen-bond donors (Lipinski definition) is 0. The molecule has 202 valence electrons. The average Bonchev–Trinajstić information content (AvgIpc) is 2.93. The largest absolute Gasteiger partial charge is 0.486 e. The van der Waals surface area contributed by atoms with E-state index in [1.807, 2.05) is 36.4 Å². The van der Waals surface area contributed by atoms with Crippen molar-refractivity contribution in [1.29, 1.82) is 0 Å². The summed E-state index contributed by atoms with van der Waals surface area (Å²) in [6, 6.07) is 26.0. The summed E-state index contributed by atoms with van der Waals surface area (Å²) in [4.78, 5) is 0. The molecule has 0 amide bonds. The molecule has 0 bridgehead atoms. The van der Waals surface area contributed by atoms with Gasteiger partial charge in [0.2, 0.25) is 0 Å². The third-order valence-electron chi connectivity index (χ3n) is 6.41. The molecule has 0 radical (unpaired) electrons. The molecule has 0 atom stereocenters. The molecule has 5 aromatic rings. The van der Waals surface area contributed by atoms with Crippen LogP contribution in [0.2, 0.25) is 0 Å². The van der Waals surface area contributed by atoms with Crippen molar-refractivity contribution in [3.63, 3.8) is 0 Å². The molecule has 0 saturated heterocycles. The normalized spacial score (nSPS) is 10.9. The highest BCUT2D eigenvalue weighted by Gasteiger charge is 2.16. The molecule has 2 nitrogen and oxygen atoms in total. The highest BCUT2D eigenvalue weighted by atomic mass is 127. The fourth-order valence-electron chi connectivity index (χ4n) is 4.27. The van der Waals surface area contributed by atoms with Crippen molar-refractivity contribution in [1.82, 2.24) is 0 Å². The first-order chi connectivity index (χ1) is 19.3. The highest BCUT2D eigenvalue weighted by molar-refractivity contribution is 14.1. The van der Waals surface area contributed by atoms with Crippen molar-refractivity contribution in [3.8, 4) is 33.8 Å². The van der Waals surface area contributed by atoms with Crippen LogP contribution in [0.25, 0.3) is 22.3 Å². The molecule has 40 heavy (non-hydrogen) atoms. The second-order valence-electron chi connectivity index (χ2n) is 9.25. The minimum Gasteiger partial charge on any atom is -0.486 e. The Morgan fingerprint density at radius 3 is 1.70 bits per heavy atom. The van der Waals surface area contributed by atoms with Gasteiger partial charge in [0.05, 0.1) is 0 Å². The summed E-state index contributed by atoms with van der Waals surface area (Å²) < 4.78 is 70.7. The third-order valence-corrected chi connectivity index (χ3v) is 7.13. The molecule has 0 unspecified atom stereocenters. The van der Waals surface area contributed by atoms with Gasteiger partial charge in [-0.15, -0.1) is 0 Å². The molecule has 5 aromatic carbocycles. The van der Waals surface area contributed by atoms with Gasteiger partial charge >= 0.3 is 0 Å². The zero-order chi connectivity index (χ0) is 28.2. The Morgan fingerprint density at radius 2 is 1.10 bits per heavy atom. The Hall–Kier alpha value is -3.85. The lowest BCUT2D eigenvalue weighted by atomic mass is 9.98. The van der Waals surface area contributed by atoms with E-state index in [-0.39, 0.29) is 30.1 Å². The number of halogens is 5. The first-order valence-corrected chi connectivity index (χ1v) is 13.5. The Balaban J connectivity index is 1.29. The van der Waals surface area contributed by atoms with Gasteiger partial charge in [0.25, 0.3) is 0 Å². The number of para-hydroxylation sites is 1. The van der Waals surface area contributed by atoms with Gasteiger partial charge < -0.3 is 9.47 Å². The zero-order valence-electron chi connectivity index (χ0n) is 21.4. The van der Waals surface area contributed by atoms with Crippen molar-refractivity contribution in [2.75, 3.05) is 0 Å². The molecule has 0 aliphatic rings. The maximum Gasteiger partial charge on any atom is 0.191 e. The van der Waals surface area contributed by atoms with Crippen molar-refractivity contribution >= 4 is 22.6 Å². The first kappa shape index (κ1) is 27.7. The summed E-state index contributed by atoms with van der Waals surface area (Å²) in [6.45, 7) is 1.95. The summed E-state index contributed by atoms with van der Waals surface area (Å²) in [5.41, 5.74) is 3.76. The lowest BCUT2D eigenvalue weighted by Crippen LogP contribution is -2.01. The monoisotopic (exact) mass is 654 g/mol. The quantitative estimate of drug-likeness (QED) is 0.123. The maximum atomic E-state index is 15.1. The van der Waals surface area contributed by atoms with E-state index in [9.17, 15) is 13.2 Å². The van der Waals surface area contributed by atoms with E-state index < -0.39 is 29.0 Å². The summed E-state index contributed by atoms with van der Waals surface area (Å²) in [7, 11) is 0. The van der Waals surface area contributed by atoms with E-state index in [2.05, 4.69) is 22.6 Å². The number of rotatable bonds is 8. The summed E-state index contributed by atoms with van der Waals surface area (Å²) in [6.07, 6.45) is 0. The number of aryl methyl sites for hydroxylation is 1. The van der Waals surface area contributed by atoms with Crippen LogP contribution in [0.15, 0.2) is 97.1 Å². The third kappa shape index (κ3) is 6.31. The van der Waals surface area contributed by atoms with Gasteiger partial charge in [0, 0.05) is 9.13 Å². The van der Waals surface area contributed by atoms with Gasteiger partial charge in [0.1, 0.15) is 19.0 Å². The van der Waals surface area contributed by atoms with Crippen LogP contribution in [-0.4, -0.2) is 0 Å². The van der Waals surface area contributed by atoms with Gasteiger partial charge in [-0.05, 0) is 99.3 Å². The molecule has 0 heterocycles. The number of ether oxygens (including phenoxy) is 2. The van der Waals surface area contributed by atoms with Gasteiger partial charge in [-0.25, -0.2) is 17.6 Å². The van der Waals surface area contributed by atoms with Crippen LogP contribution in [0.4, 0.5) is 17.6 Å². The van der Waals surface area contributed by atoms with E-state index in [1.165, 1.54) is 18.2 Å². The smallest absolute Gasteiger partial charge is 0.191 e. The van der Waals surface area contributed by atoms with Gasteiger partial charge in [-0.3, -0.25) is 0 Å². The fourth-order valence-corrected chi connectivity index (χ4v) is 4.63. The maximum absolute atomic E-state index is 15.1. The second kappa shape index (κ2) is 12.1. The zero-order valence-corrected chi connectivity index (χ0v) is 23.5. The van der Waals surface area contributed by atoms with Crippen molar-refractivity contribution < 1.29 is 27.0 Å². The first-order valence-electron chi connectivity index (χ1n) is 12.4. The van der Waals surface area contributed by atoms with Gasteiger partial charge in [-0.1, -0.05) is 60.7 Å². The Kier molecular flexibility index (Phi) is 8.40. The molecule has 0 saturated carbocycles. The minimum absolute atomic E-state index is 0.000857. The van der Waals surface area contributed by atoms with E-state index in [0.717, 1.165) is 32.4 Å². The standard InChI is InChI=1S/C33H23F4IO2/c1-20-3-2-4-28(34)32(20)39-18-21-5-9-23(10-6-21)24-11-14-27(29(35)15-24)25-16-30(36)33(31(37)17-25)40-19-22-7-12-26(38)13-8-22/h2-17H,18-19H2,1H3. The molecule has 0 aromatic heterocycles. The summed E-state index contributed by atoms with van der Waals surface area (Å²) in [5, 5.41) is 0.